The summed E-state index contributed by atoms with van der Waals surface area (Å²) in [5, 5.41) is 9.19. The molecular weight excluding hydrogens is 262 g/mol. The van der Waals surface area contributed by atoms with Gasteiger partial charge in [-0.25, -0.2) is 9.97 Å². The first-order valence-corrected chi connectivity index (χ1v) is 7.30. The van der Waals surface area contributed by atoms with E-state index in [9.17, 15) is 0 Å². The molecule has 0 aromatic carbocycles. The Balaban J connectivity index is 1.73. The number of fused-ring (bicyclic) bond motifs is 1. The molecule has 1 fully saturated rings. The van der Waals surface area contributed by atoms with Crippen LogP contribution in [0.4, 0.5) is 0 Å². The number of rotatable bonds is 4. The molecule has 0 saturated heterocycles. The van der Waals surface area contributed by atoms with Crippen molar-refractivity contribution < 1.29 is 0 Å². The Morgan fingerprint density at radius 1 is 1.29 bits per heavy atom. The lowest BCUT2D eigenvalue weighted by atomic mass is 10.2. The van der Waals surface area contributed by atoms with Crippen molar-refractivity contribution in [3.8, 4) is 5.82 Å². The van der Waals surface area contributed by atoms with Crippen LogP contribution in [0.25, 0.3) is 16.9 Å². The smallest absolute Gasteiger partial charge is 0.164 e. The maximum absolute atomic E-state index is 4.60. The van der Waals surface area contributed by atoms with Gasteiger partial charge in [0.25, 0.3) is 0 Å². The zero-order valence-corrected chi connectivity index (χ0v) is 12.0. The van der Waals surface area contributed by atoms with E-state index in [1.54, 1.807) is 6.20 Å². The van der Waals surface area contributed by atoms with Crippen molar-refractivity contribution in [1.82, 2.24) is 25.1 Å². The van der Waals surface area contributed by atoms with Gasteiger partial charge in [0, 0.05) is 30.4 Å². The minimum atomic E-state index is 0.707. The molecule has 3 aromatic heterocycles. The summed E-state index contributed by atoms with van der Waals surface area (Å²) < 4.78 is 1.81. The van der Waals surface area contributed by atoms with Crippen LogP contribution in [0.5, 0.6) is 0 Å². The molecule has 0 amide bonds. The summed E-state index contributed by atoms with van der Waals surface area (Å²) in [5.41, 5.74) is 3.05. The molecule has 3 heterocycles. The van der Waals surface area contributed by atoms with Crippen LogP contribution in [-0.4, -0.2) is 25.8 Å². The molecule has 3 aromatic rings. The van der Waals surface area contributed by atoms with E-state index in [0.29, 0.717) is 6.04 Å². The lowest BCUT2D eigenvalue weighted by Crippen LogP contribution is -2.15. The van der Waals surface area contributed by atoms with Gasteiger partial charge in [0.1, 0.15) is 0 Å². The van der Waals surface area contributed by atoms with Crippen LogP contribution in [0, 0.1) is 6.92 Å². The monoisotopic (exact) mass is 279 g/mol. The molecule has 21 heavy (non-hydrogen) atoms. The van der Waals surface area contributed by atoms with Gasteiger partial charge in [0.15, 0.2) is 11.5 Å². The predicted octanol–water partition coefficient (Wildman–Crippen LogP) is 2.38. The van der Waals surface area contributed by atoms with E-state index in [1.165, 1.54) is 18.4 Å². The average molecular weight is 279 g/mol. The van der Waals surface area contributed by atoms with Crippen molar-refractivity contribution in [2.45, 2.75) is 32.4 Å². The molecule has 1 N–H and O–H groups in total. The highest BCUT2D eigenvalue weighted by Gasteiger charge is 2.20. The van der Waals surface area contributed by atoms with E-state index in [2.05, 4.69) is 26.4 Å². The molecule has 0 aliphatic heterocycles. The fourth-order valence-corrected chi connectivity index (χ4v) is 2.47. The molecule has 0 spiro atoms. The SMILES string of the molecule is Cc1nn(-c2ccccn2)c2ncc(CNC3CC3)cc12. The zero-order valence-electron chi connectivity index (χ0n) is 12.0. The first-order chi connectivity index (χ1) is 10.3. The summed E-state index contributed by atoms with van der Waals surface area (Å²) in [7, 11) is 0. The highest BCUT2D eigenvalue weighted by molar-refractivity contribution is 5.80. The van der Waals surface area contributed by atoms with Crippen LogP contribution < -0.4 is 5.32 Å². The molecule has 106 valence electrons. The van der Waals surface area contributed by atoms with Crippen molar-refractivity contribution in [1.29, 1.82) is 0 Å². The van der Waals surface area contributed by atoms with Crippen molar-refractivity contribution in [2.75, 3.05) is 0 Å². The Morgan fingerprint density at radius 2 is 2.19 bits per heavy atom. The first-order valence-electron chi connectivity index (χ1n) is 7.30. The standard InChI is InChI=1S/C16H17N5/c1-11-14-8-12(9-18-13-5-6-13)10-19-16(14)21(20-11)15-4-2-3-7-17-15/h2-4,7-8,10,13,18H,5-6,9H2,1H3. The van der Waals surface area contributed by atoms with Gasteiger partial charge in [0.2, 0.25) is 0 Å². The van der Waals surface area contributed by atoms with Crippen molar-refractivity contribution >= 4 is 11.0 Å². The van der Waals surface area contributed by atoms with Crippen molar-refractivity contribution in [2.24, 2.45) is 0 Å². The summed E-state index contributed by atoms with van der Waals surface area (Å²) in [5.74, 6) is 0.798. The van der Waals surface area contributed by atoms with E-state index >= 15 is 0 Å². The topological polar surface area (TPSA) is 55.6 Å². The van der Waals surface area contributed by atoms with E-state index in [4.69, 9.17) is 0 Å². The normalized spacial score (nSPS) is 14.7. The van der Waals surface area contributed by atoms with Crippen molar-refractivity contribution in [3.63, 3.8) is 0 Å². The Labute approximate surface area is 123 Å². The molecule has 1 aliphatic carbocycles. The Bertz CT molecular complexity index is 774. The fourth-order valence-electron chi connectivity index (χ4n) is 2.47. The summed E-state index contributed by atoms with van der Waals surface area (Å²) >= 11 is 0. The highest BCUT2D eigenvalue weighted by atomic mass is 15.3. The second-order valence-electron chi connectivity index (χ2n) is 5.56. The molecule has 5 nitrogen and oxygen atoms in total. The second kappa shape index (κ2) is 4.93. The van der Waals surface area contributed by atoms with Gasteiger partial charge in [-0.05, 0) is 43.5 Å². The van der Waals surface area contributed by atoms with Gasteiger partial charge < -0.3 is 5.32 Å². The molecule has 1 saturated carbocycles. The Hall–Kier alpha value is -2.27. The van der Waals surface area contributed by atoms with E-state index in [1.807, 2.05) is 36.0 Å². The van der Waals surface area contributed by atoms with Gasteiger partial charge in [-0.2, -0.15) is 9.78 Å². The van der Waals surface area contributed by atoms with E-state index < -0.39 is 0 Å². The van der Waals surface area contributed by atoms with Crippen LogP contribution in [0.15, 0.2) is 36.7 Å². The molecule has 0 unspecified atom stereocenters. The van der Waals surface area contributed by atoms with Gasteiger partial charge in [-0.3, -0.25) is 0 Å². The quantitative estimate of drug-likeness (QED) is 0.796. The molecule has 5 heteroatoms. The third kappa shape index (κ3) is 2.40. The number of hydrogen-bond acceptors (Lipinski definition) is 4. The largest absolute Gasteiger partial charge is 0.310 e. The number of pyridine rings is 2. The molecule has 1 aliphatic rings. The van der Waals surface area contributed by atoms with Gasteiger partial charge in [-0.15, -0.1) is 0 Å². The van der Waals surface area contributed by atoms with Gasteiger partial charge in [0.05, 0.1) is 5.69 Å². The summed E-state index contributed by atoms with van der Waals surface area (Å²) in [6, 6.07) is 8.68. The van der Waals surface area contributed by atoms with Gasteiger partial charge in [-0.1, -0.05) is 6.07 Å². The van der Waals surface area contributed by atoms with Crippen LogP contribution >= 0.6 is 0 Å². The number of nitrogens with zero attached hydrogens (tertiary/aromatic N) is 4. The van der Waals surface area contributed by atoms with Crippen LogP contribution in [-0.2, 0) is 6.54 Å². The predicted molar refractivity (Wildman–Crippen MR) is 81.3 cm³/mol. The third-order valence-corrected chi connectivity index (χ3v) is 3.80. The molecule has 0 atom stereocenters. The van der Waals surface area contributed by atoms with E-state index in [0.717, 1.165) is 29.1 Å². The van der Waals surface area contributed by atoms with Crippen LogP contribution in [0.1, 0.15) is 24.1 Å². The molecule has 0 radical (unpaired) electrons. The van der Waals surface area contributed by atoms with E-state index in [-0.39, 0.29) is 0 Å². The maximum atomic E-state index is 4.60. The van der Waals surface area contributed by atoms with Crippen molar-refractivity contribution in [3.05, 3.63) is 47.9 Å². The number of aryl methyl sites for hydroxylation is 1. The average Bonchev–Trinajstić information content (AvgIpc) is 3.30. The third-order valence-electron chi connectivity index (χ3n) is 3.80. The highest BCUT2D eigenvalue weighted by Crippen LogP contribution is 2.22. The second-order valence-corrected chi connectivity index (χ2v) is 5.56. The number of nitrogens with one attached hydrogen (secondary N) is 1. The fraction of sp³-hybridized carbons (Fsp3) is 0.312. The maximum Gasteiger partial charge on any atom is 0.164 e. The summed E-state index contributed by atoms with van der Waals surface area (Å²) in [4.78, 5) is 8.95. The summed E-state index contributed by atoms with van der Waals surface area (Å²) in [6.45, 7) is 2.89. The summed E-state index contributed by atoms with van der Waals surface area (Å²) in [6.07, 6.45) is 6.29. The Kier molecular flexibility index (Phi) is 2.93. The zero-order chi connectivity index (χ0) is 14.2. The number of aromatic nitrogens is 4. The lowest BCUT2D eigenvalue weighted by Gasteiger charge is -2.04. The lowest BCUT2D eigenvalue weighted by molar-refractivity contribution is 0.686. The Morgan fingerprint density at radius 3 is 2.95 bits per heavy atom. The van der Waals surface area contributed by atoms with Gasteiger partial charge >= 0.3 is 0 Å². The molecular formula is C16H17N5. The minimum Gasteiger partial charge on any atom is -0.310 e. The number of hydrogen-bond donors (Lipinski definition) is 1. The first kappa shape index (κ1) is 12.5. The minimum absolute atomic E-state index is 0.707. The van der Waals surface area contributed by atoms with Crippen LogP contribution in [0.3, 0.4) is 0 Å². The van der Waals surface area contributed by atoms with Crippen LogP contribution in [0.2, 0.25) is 0 Å². The molecule has 4 rings (SSSR count). The molecule has 0 bridgehead atoms.